The molecule has 1 aromatic carbocycles. The van der Waals surface area contributed by atoms with Gasteiger partial charge >= 0.3 is 0 Å². The monoisotopic (exact) mass is 278 g/mol. The van der Waals surface area contributed by atoms with E-state index in [1.54, 1.807) is 0 Å². The molecule has 0 saturated heterocycles. The number of aromatic nitrogens is 3. The maximum Gasteiger partial charge on any atom is 0.128 e. The largest absolute Gasteiger partial charge is 0.363 e. The highest BCUT2D eigenvalue weighted by atomic mass is 15.3. The Morgan fingerprint density at radius 1 is 1.00 bits per heavy atom. The molecule has 0 aliphatic carbocycles. The number of anilines is 1. The molecule has 4 heteroatoms. The van der Waals surface area contributed by atoms with Crippen LogP contribution in [0.15, 0.2) is 54.9 Å². The van der Waals surface area contributed by atoms with E-state index in [4.69, 9.17) is 0 Å². The highest BCUT2D eigenvalue weighted by molar-refractivity contribution is 5.81. The lowest BCUT2D eigenvalue weighted by Gasteiger charge is -2.12. The van der Waals surface area contributed by atoms with Crippen LogP contribution < -0.4 is 4.90 Å². The van der Waals surface area contributed by atoms with E-state index in [1.165, 1.54) is 0 Å². The van der Waals surface area contributed by atoms with Crippen LogP contribution in [0.1, 0.15) is 0 Å². The minimum atomic E-state index is 0.940. The predicted molar refractivity (Wildman–Crippen MR) is 86.2 cm³/mol. The van der Waals surface area contributed by atoms with Crippen molar-refractivity contribution in [1.29, 1.82) is 0 Å². The SMILES string of the molecule is CN(C)c1cc(-c2cn(C)nc2-c2ccccc2)ccn1. The second-order valence-corrected chi connectivity index (χ2v) is 5.23. The fraction of sp³-hybridized carbons (Fsp3) is 0.176. The van der Waals surface area contributed by atoms with Crippen LogP contribution in [0.4, 0.5) is 5.82 Å². The topological polar surface area (TPSA) is 34.0 Å². The molecule has 0 saturated carbocycles. The molecular weight excluding hydrogens is 260 g/mol. The molecule has 4 nitrogen and oxygen atoms in total. The number of hydrogen-bond donors (Lipinski definition) is 0. The van der Waals surface area contributed by atoms with Crippen LogP contribution in [0, 0.1) is 0 Å². The smallest absolute Gasteiger partial charge is 0.128 e. The summed E-state index contributed by atoms with van der Waals surface area (Å²) in [4.78, 5) is 6.37. The summed E-state index contributed by atoms with van der Waals surface area (Å²) in [6, 6.07) is 14.4. The fourth-order valence-electron chi connectivity index (χ4n) is 2.34. The van der Waals surface area contributed by atoms with E-state index in [1.807, 2.05) is 61.2 Å². The molecular formula is C17H18N4. The molecule has 2 aromatic heterocycles. The van der Waals surface area contributed by atoms with Gasteiger partial charge in [-0.05, 0) is 17.7 Å². The number of pyridine rings is 1. The van der Waals surface area contributed by atoms with Gasteiger partial charge in [-0.25, -0.2) is 4.98 Å². The van der Waals surface area contributed by atoms with Crippen molar-refractivity contribution in [3.05, 3.63) is 54.9 Å². The Morgan fingerprint density at radius 3 is 2.48 bits per heavy atom. The highest BCUT2D eigenvalue weighted by Gasteiger charge is 2.12. The molecule has 0 atom stereocenters. The Balaban J connectivity index is 2.13. The number of nitrogens with zero attached hydrogens (tertiary/aromatic N) is 4. The first-order chi connectivity index (χ1) is 10.1. The van der Waals surface area contributed by atoms with Gasteiger partial charge in [-0.1, -0.05) is 30.3 Å². The normalized spacial score (nSPS) is 10.6. The third-order valence-corrected chi connectivity index (χ3v) is 3.39. The first-order valence-electron chi connectivity index (χ1n) is 6.88. The maximum atomic E-state index is 4.61. The minimum Gasteiger partial charge on any atom is -0.363 e. The summed E-state index contributed by atoms with van der Waals surface area (Å²) in [6.45, 7) is 0. The van der Waals surface area contributed by atoms with Gasteiger partial charge in [0, 0.05) is 44.7 Å². The molecule has 0 N–H and O–H groups in total. The lowest BCUT2D eigenvalue weighted by Crippen LogP contribution is -2.10. The van der Waals surface area contributed by atoms with E-state index in [0.29, 0.717) is 0 Å². The number of aryl methyl sites for hydroxylation is 1. The van der Waals surface area contributed by atoms with E-state index in [0.717, 1.165) is 28.2 Å². The number of benzene rings is 1. The van der Waals surface area contributed by atoms with E-state index in [9.17, 15) is 0 Å². The lowest BCUT2D eigenvalue weighted by atomic mass is 10.0. The van der Waals surface area contributed by atoms with Gasteiger partial charge in [-0.2, -0.15) is 5.10 Å². The van der Waals surface area contributed by atoms with Gasteiger partial charge in [0.1, 0.15) is 11.5 Å². The fourth-order valence-corrected chi connectivity index (χ4v) is 2.34. The van der Waals surface area contributed by atoms with Crippen molar-refractivity contribution >= 4 is 5.82 Å². The van der Waals surface area contributed by atoms with E-state index >= 15 is 0 Å². The van der Waals surface area contributed by atoms with Crippen molar-refractivity contribution in [2.75, 3.05) is 19.0 Å². The Bertz CT molecular complexity index is 744. The Kier molecular flexibility index (Phi) is 3.44. The molecule has 0 bridgehead atoms. The van der Waals surface area contributed by atoms with Gasteiger partial charge in [-0.3, -0.25) is 4.68 Å². The van der Waals surface area contributed by atoms with Crippen molar-refractivity contribution < 1.29 is 0 Å². The molecule has 2 heterocycles. The molecule has 3 aromatic rings. The number of hydrogen-bond acceptors (Lipinski definition) is 3. The van der Waals surface area contributed by atoms with E-state index in [-0.39, 0.29) is 0 Å². The zero-order valence-electron chi connectivity index (χ0n) is 12.5. The van der Waals surface area contributed by atoms with Crippen LogP contribution in [0.3, 0.4) is 0 Å². The molecule has 106 valence electrons. The number of rotatable bonds is 3. The molecule has 0 spiro atoms. The summed E-state index contributed by atoms with van der Waals surface area (Å²) in [5.74, 6) is 0.940. The standard InChI is InChI=1S/C17H18N4/c1-20(2)16-11-14(9-10-18-16)15-12-21(3)19-17(15)13-7-5-4-6-8-13/h4-12H,1-3H3. The third kappa shape index (κ3) is 2.65. The van der Waals surface area contributed by atoms with Gasteiger partial charge in [0.25, 0.3) is 0 Å². The van der Waals surface area contributed by atoms with Crippen LogP contribution >= 0.6 is 0 Å². The van der Waals surface area contributed by atoms with Crippen LogP contribution in [0.5, 0.6) is 0 Å². The molecule has 0 unspecified atom stereocenters. The molecule has 0 fully saturated rings. The summed E-state index contributed by atoms with van der Waals surface area (Å²) in [6.07, 6.45) is 3.89. The zero-order chi connectivity index (χ0) is 14.8. The van der Waals surface area contributed by atoms with E-state index < -0.39 is 0 Å². The van der Waals surface area contributed by atoms with Crippen LogP contribution in [0.2, 0.25) is 0 Å². The van der Waals surface area contributed by atoms with Gasteiger partial charge in [0.05, 0.1) is 0 Å². The summed E-state index contributed by atoms with van der Waals surface area (Å²) in [5.41, 5.74) is 4.36. The summed E-state index contributed by atoms with van der Waals surface area (Å²) in [7, 11) is 5.94. The molecule has 0 radical (unpaired) electrons. The van der Waals surface area contributed by atoms with E-state index in [2.05, 4.69) is 34.5 Å². The third-order valence-electron chi connectivity index (χ3n) is 3.39. The second-order valence-electron chi connectivity index (χ2n) is 5.23. The summed E-state index contributed by atoms with van der Waals surface area (Å²) >= 11 is 0. The quantitative estimate of drug-likeness (QED) is 0.737. The Morgan fingerprint density at radius 2 is 1.76 bits per heavy atom. The van der Waals surface area contributed by atoms with Crippen molar-refractivity contribution in [2.45, 2.75) is 0 Å². The average molecular weight is 278 g/mol. The maximum absolute atomic E-state index is 4.61. The van der Waals surface area contributed by atoms with Crippen LogP contribution in [-0.2, 0) is 7.05 Å². The summed E-state index contributed by atoms with van der Waals surface area (Å²) < 4.78 is 1.85. The zero-order valence-corrected chi connectivity index (χ0v) is 12.5. The van der Waals surface area contributed by atoms with Crippen molar-refractivity contribution in [2.24, 2.45) is 7.05 Å². The first-order valence-corrected chi connectivity index (χ1v) is 6.88. The second kappa shape index (κ2) is 5.40. The molecule has 21 heavy (non-hydrogen) atoms. The average Bonchev–Trinajstić information content (AvgIpc) is 2.90. The summed E-state index contributed by atoms with van der Waals surface area (Å²) in [5, 5.41) is 4.61. The first kappa shape index (κ1) is 13.4. The van der Waals surface area contributed by atoms with Gasteiger partial charge in [-0.15, -0.1) is 0 Å². The predicted octanol–water partition coefficient (Wildman–Crippen LogP) is 3.22. The Hall–Kier alpha value is -2.62. The Labute approximate surface area is 124 Å². The minimum absolute atomic E-state index is 0.940. The lowest BCUT2D eigenvalue weighted by molar-refractivity contribution is 0.771. The van der Waals surface area contributed by atoms with Crippen LogP contribution in [-0.4, -0.2) is 28.9 Å². The molecule has 0 amide bonds. The molecule has 0 aliphatic heterocycles. The van der Waals surface area contributed by atoms with Crippen molar-refractivity contribution in [3.63, 3.8) is 0 Å². The molecule has 3 rings (SSSR count). The van der Waals surface area contributed by atoms with Gasteiger partial charge in [0.15, 0.2) is 0 Å². The van der Waals surface area contributed by atoms with Crippen molar-refractivity contribution in [3.8, 4) is 22.4 Å². The molecule has 0 aliphatic rings. The highest BCUT2D eigenvalue weighted by Crippen LogP contribution is 2.31. The van der Waals surface area contributed by atoms with Gasteiger partial charge in [0.2, 0.25) is 0 Å². The van der Waals surface area contributed by atoms with Gasteiger partial charge < -0.3 is 4.90 Å². The van der Waals surface area contributed by atoms with Crippen molar-refractivity contribution in [1.82, 2.24) is 14.8 Å². The van der Waals surface area contributed by atoms with Crippen LogP contribution in [0.25, 0.3) is 22.4 Å².